The summed E-state index contributed by atoms with van der Waals surface area (Å²) in [4.78, 5) is 12.8. The average Bonchev–Trinajstić information content (AvgIpc) is 3.27. The summed E-state index contributed by atoms with van der Waals surface area (Å²) in [6, 6.07) is 0. The van der Waals surface area contributed by atoms with Gasteiger partial charge in [0.2, 0.25) is 0 Å². The molecule has 0 amide bonds. The van der Waals surface area contributed by atoms with Gasteiger partial charge >= 0.3 is 5.97 Å². The molecule has 0 radical (unpaired) electrons. The summed E-state index contributed by atoms with van der Waals surface area (Å²) in [6.07, 6.45) is 50.8. The SMILES string of the molecule is CC/C=C\C/C=C\C/C=C\CCCCCCOCC(COC1OC(CO)C(O)C(O)C1O)OC(=O)CCCCCCCCCCCC/C=C\C/C=C\C/C=C\CCCCCCC. The average molecular weight is 873 g/mol. The van der Waals surface area contributed by atoms with Crippen LogP contribution < -0.4 is 0 Å². The maximum absolute atomic E-state index is 12.8. The van der Waals surface area contributed by atoms with E-state index in [-0.39, 0.29) is 19.2 Å². The van der Waals surface area contributed by atoms with Crippen molar-refractivity contribution in [2.24, 2.45) is 0 Å². The van der Waals surface area contributed by atoms with Gasteiger partial charge in [0.1, 0.15) is 30.5 Å². The van der Waals surface area contributed by atoms with E-state index in [0.29, 0.717) is 13.0 Å². The highest BCUT2D eigenvalue weighted by molar-refractivity contribution is 5.69. The molecule has 0 saturated carbocycles. The number of rotatable bonds is 42. The Morgan fingerprint density at radius 1 is 0.532 bits per heavy atom. The first-order valence-electron chi connectivity index (χ1n) is 25.0. The van der Waals surface area contributed by atoms with Crippen LogP contribution in [0.5, 0.6) is 0 Å². The van der Waals surface area contributed by atoms with Gasteiger partial charge in [0, 0.05) is 13.0 Å². The first-order chi connectivity index (χ1) is 30.4. The van der Waals surface area contributed by atoms with Crippen molar-refractivity contribution in [2.75, 3.05) is 26.4 Å². The lowest BCUT2D eigenvalue weighted by atomic mass is 9.99. The molecule has 1 rings (SSSR count). The van der Waals surface area contributed by atoms with Gasteiger partial charge in [-0.3, -0.25) is 4.79 Å². The zero-order valence-corrected chi connectivity index (χ0v) is 39.3. The normalized spacial score (nSPS) is 20.4. The second-order valence-electron chi connectivity index (χ2n) is 16.9. The van der Waals surface area contributed by atoms with Crippen LogP contribution in [0.4, 0.5) is 0 Å². The molecule has 0 spiro atoms. The number of hydrogen-bond donors (Lipinski definition) is 4. The summed E-state index contributed by atoms with van der Waals surface area (Å²) in [6.45, 7) is 4.37. The van der Waals surface area contributed by atoms with Crippen molar-refractivity contribution in [1.82, 2.24) is 0 Å². The van der Waals surface area contributed by atoms with Crippen LogP contribution in [0.25, 0.3) is 0 Å². The van der Waals surface area contributed by atoms with Gasteiger partial charge in [-0.15, -0.1) is 0 Å². The van der Waals surface area contributed by atoms with E-state index in [1.807, 2.05) is 0 Å². The monoisotopic (exact) mass is 873 g/mol. The maximum atomic E-state index is 12.8. The molecule has 0 aromatic carbocycles. The molecule has 0 aliphatic carbocycles. The lowest BCUT2D eigenvalue weighted by Gasteiger charge is -2.39. The highest BCUT2D eigenvalue weighted by Crippen LogP contribution is 2.22. The largest absolute Gasteiger partial charge is 0.457 e. The van der Waals surface area contributed by atoms with Gasteiger partial charge in [-0.05, 0) is 83.5 Å². The van der Waals surface area contributed by atoms with Gasteiger partial charge in [-0.2, -0.15) is 0 Å². The number of aliphatic hydroxyl groups is 4. The maximum Gasteiger partial charge on any atom is 0.306 e. The number of esters is 1. The topological polar surface area (TPSA) is 135 Å². The molecule has 9 nitrogen and oxygen atoms in total. The summed E-state index contributed by atoms with van der Waals surface area (Å²) < 4.78 is 22.8. The van der Waals surface area contributed by atoms with Crippen molar-refractivity contribution in [3.8, 4) is 0 Å². The summed E-state index contributed by atoms with van der Waals surface area (Å²) in [5, 5.41) is 40.2. The van der Waals surface area contributed by atoms with E-state index < -0.39 is 43.4 Å². The van der Waals surface area contributed by atoms with Crippen molar-refractivity contribution in [3.63, 3.8) is 0 Å². The number of carbonyl (C=O) groups excluding carboxylic acids is 1. The Labute approximate surface area is 378 Å². The summed E-state index contributed by atoms with van der Waals surface area (Å²) in [5.74, 6) is -0.328. The van der Waals surface area contributed by atoms with E-state index in [0.717, 1.165) is 83.5 Å². The molecule has 1 aliphatic rings. The minimum Gasteiger partial charge on any atom is -0.457 e. The minimum absolute atomic E-state index is 0.125. The van der Waals surface area contributed by atoms with E-state index >= 15 is 0 Å². The molecule has 6 atom stereocenters. The number of hydrogen-bond acceptors (Lipinski definition) is 9. The first-order valence-corrected chi connectivity index (χ1v) is 25.0. The van der Waals surface area contributed by atoms with Gasteiger partial charge in [0.25, 0.3) is 0 Å². The zero-order chi connectivity index (χ0) is 45.0. The van der Waals surface area contributed by atoms with E-state index in [9.17, 15) is 25.2 Å². The standard InChI is InChI=1S/C53H92O9/c1-3-5-7-9-11-13-15-17-19-20-21-22-23-24-25-26-27-28-29-30-32-34-36-38-40-42-49(55)61-47(46-60-53-52(58)51(57)50(56)48(44-54)62-53)45-59-43-41-39-37-35-33-31-18-16-14-12-10-8-6-4-2/h6,8,12,14-15,17-18,20-21,23-24,31,47-48,50-54,56-58H,3-5,7,9-11,13,16,19,22,25-30,32-46H2,1-2H3/b8-6-,14-12-,17-15-,21-20-,24-23-,31-18-. The second kappa shape index (κ2) is 43.9. The zero-order valence-electron chi connectivity index (χ0n) is 39.3. The van der Waals surface area contributed by atoms with Crippen molar-refractivity contribution < 1.29 is 44.2 Å². The highest BCUT2D eigenvalue weighted by atomic mass is 16.7. The van der Waals surface area contributed by atoms with Crippen LogP contribution in [-0.2, 0) is 23.7 Å². The molecule has 4 N–H and O–H groups in total. The van der Waals surface area contributed by atoms with E-state index in [2.05, 4.69) is 86.8 Å². The number of ether oxygens (including phenoxy) is 4. The Morgan fingerprint density at radius 2 is 0.984 bits per heavy atom. The minimum atomic E-state index is -1.54. The van der Waals surface area contributed by atoms with Crippen molar-refractivity contribution in [3.05, 3.63) is 72.9 Å². The van der Waals surface area contributed by atoms with E-state index in [1.165, 1.54) is 89.9 Å². The fourth-order valence-corrected chi connectivity index (χ4v) is 7.22. The third-order valence-corrected chi connectivity index (χ3v) is 11.1. The van der Waals surface area contributed by atoms with Crippen LogP contribution in [0.3, 0.4) is 0 Å². The quantitative estimate of drug-likeness (QED) is 0.0269. The van der Waals surface area contributed by atoms with Crippen LogP contribution in [-0.4, -0.2) is 89.6 Å². The Bertz CT molecular complexity index is 1180. The molecular weight excluding hydrogens is 781 g/mol. The predicted octanol–water partition coefficient (Wildman–Crippen LogP) is 12.0. The van der Waals surface area contributed by atoms with Gasteiger partial charge in [-0.25, -0.2) is 0 Å². The summed E-state index contributed by atoms with van der Waals surface area (Å²) in [5.41, 5.74) is 0. The van der Waals surface area contributed by atoms with Gasteiger partial charge in [0.15, 0.2) is 6.29 Å². The molecule has 1 heterocycles. The third-order valence-electron chi connectivity index (χ3n) is 11.1. The number of carbonyl (C=O) groups is 1. The van der Waals surface area contributed by atoms with Crippen LogP contribution >= 0.6 is 0 Å². The lowest BCUT2D eigenvalue weighted by Crippen LogP contribution is -2.59. The Morgan fingerprint density at radius 3 is 1.48 bits per heavy atom. The van der Waals surface area contributed by atoms with Crippen molar-refractivity contribution in [2.45, 2.75) is 230 Å². The van der Waals surface area contributed by atoms with Crippen LogP contribution in [0.2, 0.25) is 0 Å². The van der Waals surface area contributed by atoms with Gasteiger partial charge < -0.3 is 39.4 Å². The molecule has 0 aromatic rings. The molecule has 62 heavy (non-hydrogen) atoms. The van der Waals surface area contributed by atoms with Gasteiger partial charge in [-0.1, -0.05) is 177 Å². The van der Waals surface area contributed by atoms with Crippen LogP contribution in [0.15, 0.2) is 72.9 Å². The summed E-state index contributed by atoms with van der Waals surface area (Å²) in [7, 11) is 0. The molecule has 1 aliphatic heterocycles. The number of unbranched alkanes of at least 4 members (excludes halogenated alkanes) is 19. The Balaban J connectivity index is 2.21. The van der Waals surface area contributed by atoms with E-state index in [1.54, 1.807) is 0 Å². The molecule has 6 unspecified atom stereocenters. The number of allylic oxidation sites excluding steroid dienone is 12. The van der Waals surface area contributed by atoms with Gasteiger partial charge in [0.05, 0.1) is 19.8 Å². The molecule has 1 saturated heterocycles. The Kier molecular flexibility index (Phi) is 40.8. The highest BCUT2D eigenvalue weighted by Gasteiger charge is 2.44. The molecule has 0 bridgehead atoms. The van der Waals surface area contributed by atoms with Crippen molar-refractivity contribution >= 4 is 5.97 Å². The lowest BCUT2D eigenvalue weighted by molar-refractivity contribution is -0.305. The molecule has 9 heteroatoms. The molecule has 1 fully saturated rings. The van der Waals surface area contributed by atoms with Crippen LogP contribution in [0.1, 0.15) is 194 Å². The first kappa shape index (κ1) is 57.6. The third kappa shape index (κ3) is 34.1. The molecule has 358 valence electrons. The predicted molar refractivity (Wildman–Crippen MR) is 256 cm³/mol. The van der Waals surface area contributed by atoms with Crippen molar-refractivity contribution in [1.29, 1.82) is 0 Å². The Hall–Kier alpha value is -2.37. The fraction of sp³-hybridized carbons (Fsp3) is 0.755. The molecule has 0 aromatic heterocycles. The van der Waals surface area contributed by atoms with E-state index in [4.69, 9.17) is 18.9 Å². The second-order valence-corrected chi connectivity index (χ2v) is 16.9. The van der Waals surface area contributed by atoms with Crippen LogP contribution in [0, 0.1) is 0 Å². The molecular formula is C53H92O9. The number of aliphatic hydroxyl groups excluding tert-OH is 4. The fourth-order valence-electron chi connectivity index (χ4n) is 7.22. The summed E-state index contributed by atoms with van der Waals surface area (Å²) >= 11 is 0. The smallest absolute Gasteiger partial charge is 0.306 e.